The maximum atomic E-state index is 7.37. The van der Waals surface area contributed by atoms with Gasteiger partial charge in [0.1, 0.15) is 5.84 Å². The van der Waals surface area contributed by atoms with Crippen molar-refractivity contribution in [2.24, 2.45) is 4.99 Å². The lowest BCUT2D eigenvalue weighted by atomic mass is 10.1. The summed E-state index contributed by atoms with van der Waals surface area (Å²) in [6, 6.07) is 7.61. The molecule has 0 aromatic heterocycles. The van der Waals surface area contributed by atoms with Gasteiger partial charge in [-0.05, 0) is 24.1 Å². The second kappa shape index (κ2) is 4.13. The Hall–Kier alpha value is -1.51. The molecule has 1 aromatic rings. The van der Waals surface area contributed by atoms with Gasteiger partial charge in [-0.1, -0.05) is 12.1 Å². The van der Waals surface area contributed by atoms with E-state index < -0.39 is 0 Å². The molecule has 0 bridgehead atoms. The highest BCUT2D eigenvalue weighted by atomic mass is 15.0. The van der Waals surface area contributed by atoms with E-state index >= 15 is 0 Å². The molecule has 0 atom stereocenters. The first-order valence-electron chi connectivity index (χ1n) is 4.92. The number of benzene rings is 1. The standard InChI is InChI=1S/C11H14N3/c12-10-4-2-9(3-5-10)8-11-13-6-1-7-14-11/h2-5,12H,1,6-8H2,(H,13,14). The Balaban J connectivity index is 2.03. The topological polar surface area (TPSA) is 48.2 Å². The zero-order chi connectivity index (χ0) is 9.80. The molecule has 2 N–H and O–H groups in total. The summed E-state index contributed by atoms with van der Waals surface area (Å²) >= 11 is 0. The van der Waals surface area contributed by atoms with Crippen LogP contribution in [0.5, 0.6) is 0 Å². The van der Waals surface area contributed by atoms with E-state index in [1.807, 2.05) is 24.3 Å². The van der Waals surface area contributed by atoms with Gasteiger partial charge in [0, 0.05) is 19.5 Å². The van der Waals surface area contributed by atoms with E-state index in [2.05, 4.69) is 10.3 Å². The highest BCUT2D eigenvalue weighted by molar-refractivity contribution is 5.84. The molecule has 1 heterocycles. The van der Waals surface area contributed by atoms with E-state index in [0.717, 1.165) is 31.8 Å². The predicted octanol–water partition coefficient (Wildman–Crippen LogP) is 1.54. The molecule has 1 aliphatic heterocycles. The molecule has 3 heteroatoms. The van der Waals surface area contributed by atoms with Crippen LogP contribution in [0.25, 0.3) is 0 Å². The van der Waals surface area contributed by atoms with Gasteiger partial charge in [-0.2, -0.15) is 0 Å². The van der Waals surface area contributed by atoms with E-state index in [9.17, 15) is 0 Å². The molecule has 0 amide bonds. The largest absolute Gasteiger partial charge is 0.373 e. The average molecular weight is 188 g/mol. The van der Waals surface area contributed by atoms with Crippen LogP contribution in [-0.2, 0) is 6.42 Å². The number of amidine groups is 1. The highest BCUT2D eigenvalue weighted by Gasteiger charge is 2.04. The van der Waals surface area contributed by atoms with E-state index in [0.29, 0.717) is 5.69 Å². The number of nitrogens with one attached hydrogen (secondary N) is 2. The molecule has 1 radical (unpaired) electrons. The summed E-state index contributed by atoms with van der Waals surface area (Å²) < 4.78 is 0. The quantitative estimate of drug-likeness (QED) is 0.751. The van der Waals surface area contributed by atoms with Gasteiger partial charge in [0.15, 0.2) is 0 Å². The van der Waals surface area contributed by atoms with Crippen LogP contribution in [0.4, 0.5) is 5.69 Å². The van der Waals surface area contributed by atoms with Crippen LogP contribution in [0.2, 0.25) is 0 Å². The number of hydrogen-bond acceptors (Lipinski definition) is 2. The van der Waals surface area contributed by atoms with Crippen molar-refractivity contribution in [1.82, 2.24) is 11.1 Å². The monoisotopic (exact) mass is 188 g/mol. The minimum absolute atomic E-state index is 0.562. The molecule has 3 nitrogen and oxygen atoms in total. The van der Waals surface area contributed by atoms with Gasteiger partial charge >= 0.3 is 0 Å². The third-order valence-electron chi connectivity index (χ3n) is 2.29. The first-order valence-corrected chi connectivity index (χ1v) is 4.92. The van der Waals surface area contributed by atoms with E-state index in [1.165, 1.54) is 5.56 Å². The second-order valence-electron chi connectivity index (χ2n) is 3.48. The lowest BCUT2D eigenvalue weighted by molar-refractivity contribution is 0.731. The zero-order valence-electron chi connectivity index (χ0n) is 8.09. The summed E-state index contributed by atoms with van der Waals surface area (Å²) in [4.78, 5) is 4.41. The highest BCUT2D eigenvalue weighted by Crippen LogP contribution is 2.08. The van der Waals surface area contributed by atoms with Gasteiger partial charge in [0.2, 0.25) is 0 Å². The van der Waals surface area contributed by atoms with Crippen molar-refractivity contribution in [1.29, 1.82) is 0 Å². The fourth-order valence-electron chi connectivity index (χ4n) is 1.52. The number of hydrogen-bond donors (Lipinski definition) is 1. The fraction of sp³-hybridized carbons (Fsp3) is 0.364. The fourth-order valence-corrected chi connectivity index (χ4v) is 1.52. The van der Waals surface area contributed by atoms with Crippen LogP contribution >= 0.6 is 0 Å². The Bertz CT molecular complexity index is 327. The summed E-state index contributed by atoms with van der Waals surface area (Å²) in [5, 5.41) is 3.29. The summed E-state index contributed by atoms with van der Waals surface area (Å²) in [5.41, 5.74) is 9.14. The minimum atomic E-state index is 0.562. The first kappa shape index (κ1) is 9.06. The Morgan fingerprint density at radius 2 is 2.07 bits per heavy atom. The number of rotatable bonds is 2. The maximum absolute atomic E-state index is 7.37. The molecule has 2 rings (SSSR count). The molecule has 0 unspecified atom stereocenters. The van der Waals surface area contributed by atoms with Crippen LogP contribution in [0.15, 0.2) is 29.3 Å². The van der Waals surface area contributed by atoms with Crippen molar-refractivity contribution in [3.63, 3.8) is 0 Å². The van der Waals surface area contributed by atoms with Gasteiger partial charge in [-0.25, -0.2) is 0 Å². The second-order valence-corrected chi connectivity index (χ2v) is 3.48. The molecule has 1 aromatic carbocycles. The lowest BCUT2D eigenvalue weighted by Crippen LogP contribution is -2.30. The summed E-state index contributed by atoms with van der Waals surface area (Å²) in [6.07, 6.45) is 2.00. The van der Waals surface area contributed by atoms with Crippen LogP contribution in [0.1, 0.15) is 12.0 Å². The molecule has 0 saturated heterocycles. The number of aliphatic imine (C=N–C) groups is 1. The normalized spacial score (nSPS) is 15.9. The zero-order valence-corrected chi connectivity index (χ0v) is 8.09. The van der Waals surface area contributed by atoms with E-state index in [-0.39, 0.29) is 0 Å². The molecule has 0 saturated carbocycles. The molecular formula is C11H14N3. The molecule has 0 spiro atoms. The predicted molar refractivity (Wildman–Crippen MR) is 57.8 cm³/mol. The summed E-state index contributed by atoms with van der Waals surface area (Å²) in [7, 11) is 0. The summed E-state index contributed by atoms with van der Waals surface area (Å²) in [6.45, 7) is 1.98. The maximum Gasteiger partial charge on any atom is 0.101 e. The average Bonchev–Trinajstić information content (AvgIpc) is 2.23. The smallest absolute Gasteiger partial charge is 0.101 e. The third-order valence-corrected chi connectivity index (χ3v) is 2.29. The van der Waals surface area contributed by atoms with Gasteiger partial charge in [-0.3, -0.25) is 4.99 Å². The first-order chi connectivity index (χ1) is 6.84. The Kier molecular flexibility index (Phi) is 2.68. The van der Waals surface area contributed by atoms with E-state index in [1.54, 1.807) is 0 Å². The lowest BCUT2D eigenvalue weighted by Gasteiger charge is -2.14. The van der Waals surface area contributed by atoms with Crippen LogP contribution < -0.4 is 11.1 Å². The van der Waals surface area contributed by atoms with Gasteiger partial charge in [0.05, 0.1) is 5.69 Å². The Morgan fingerprint density at radius 3 is 2.71 bits per heavy atom. The molecule has 0 fully saturated rings. The van der Waals surface area contributed by atoms with Crippen molar-refractivity contribution in [2.45, 2.75) is 12.8 Å². The number of nitrogens with zero attached hydrogens (tertiary/aromatic N) is 1. The van der Waals surface area contributed by atoms with Crippen LogP contribution in [0.3, 0.4) is 0 Å². The molecular weight excluding hydrogens is 174 g/mol. The van der Waals surface area contributed by atoms with Crippen LogP contribution in [0, 0.1) is 0 Å². The van der Waals surface area contributed by atoms with Crippen molar-refractivity contribution in [3.8, 4) is 0 Å². The van der Waals surface area contributed by atoms with Crippen molar-refractivity contribution >= 4 is 11.5 Å². The Morgan fingerprint density at radius 1 is 1.29 bits per heavy atom. The minimum Gasteiger partial charge on any atom is -0.373 e. The van der Waals surface area contributed by atoms with Gasteiger partial charge in [-0.15, -0.1) is 0 Å². The van der Waals surface area contributed by atoms with Crippen LogP contribution in [-0.4, -0.2) is 18.9 Å². The molecule has 14 heavy (non-hydrogen) atoms. The molecule has 0 aliphatic carbocycles. The van der Waals surface area contributed by atoms with Crippen molar-refractivity contribution < 1.29 is 0 Å². The molecule has 1 aliphatic rings. The van der Waals surface area contributed by atoms with Crippen molar-refractivity contribution in [3.05, 3.63) is 29.8 Å². The van der Waals surface area contributed by atoms with Crippen molar-refractivity contribution in [2.75, 3.05) is 13.1 Å². The third kappa shape index (κ3) is 2.25. The molecule has 73 valence electrons. The van der Waals surface area contributed by atoms with E-state index in [4.69, 9.17) is 5.73 Å². The van der Waals surface area contributed by atoms with Gasteiger partial charge in [0.25, 0.3) is 0 Å². The Labute approximate surface area is 84.0 Å². The SMILES string of the molecule is [NH]c1ccc(CC2=NCCCN2)cc1. The summed E-state index contributed by atoms with van der Waals surface area (Å²) in [5.74, 6) is 1.08. The van der Waals surface area contributed by atoms with Gasteiger partial charge < -0.3 is 11.1 Å².